The minimum atomic E-state index is -0.646. The molecule has 3 aliphatic rings. The van der Waals surface area contributed by atoms with Gasteiger partial charge in [-0.3, -0.25) is 19.4 Å². The molecule has 35 heavy (non-hydrogen) atoms. The molecule has 0 unspecified atom stereocenters. The number of alkyl halides is 1. The third kappa shape index (κ3) is 5.37. The van der Waals surface area contributed by atoms with E-state index in [-0.39, 0.29) is 17.5 Å². The number of nitrogens with one attached hydrogen (secondary N) is 1. The molecule has 0 spiro atoms. The molecule has 1 N–H and O–H groups in total. The van der Waals surface area contributed by atoms with Crippen LogP contribution in [0.2, 0.25) is 0 Å². The summed E-state index contributed by atoms with van der Waals surface area (Å²) < 4.78 is 15.0. The smallest absolute Gasteiger partial charge is 0.270 e. The highest BCUT2D eigenvalue weighted by Gasteiger charge is 2.31. The Hall–Kier alpha value is -2.87. The van der Waals surface area contributed by atoms with Gasteiger partial charge in [-0.2, -0.15) is 5.10 Å². The van der Waals surface area contributed by atoms with Crippen molar-refractivity contribution in [3.8, 4) is 11.1 Å². The van der Waals surface area contributed by atoms with Crippen molar-refractivity contribution in [2.45, 2.75) is 70.8 Å². The number of aromatic nitrogens is 2. The van der Waals surface area contributed by atoms with Gasteiger partial charge in [0.15, 0.2) is 0 Å². The summed E-state index contributed by atoms with van der Waals surface area (Å²) >= 11 is 0. The van der Waals surface area contributed by atoms with Crippen LogP contribution in [0.4, 0.5) is 4.39 Å². The van der Waals surface area contributed by atoms with Crippen LogP contribution in [0.5, 0.6) is 0 Å². The normalized spacial score (nSPS) is 23.3. The average Bonchev–Trinajstić information content (AvgIpc) is 3.21. The van der Waals surface area contributed by atoms with Gasteiger partial charge >= 0.3 is 0 Å². The number of fused-ring (bicyclic) bond motifs is 1. The molecular weight excluding hydrogens is 443 g/mol. The largest absolute Gasteiger partial charge is 0.348 e. The number of benzene rings is 1. The van der Waals surface area contributed by atoms with Crippen molar-refractivity contribution in [3.05, 3.63) is 41.7 Å². The van der Waals surface area contributed by atoms with Crippen molar-refractivity contribution >= 4 is 18.0 Å². The number of aliphatic imine (C=N–C) groups is 2. The molecule has 2 fully saturated rings. The Balaban J connectivity index is 1.27. The number of hydrogen-bond donors (Lipinski definition) is 1. The van der Waals surface area contributed by atoms with Crippen molar-refractivity contribution in [2.75, 3.05) is 19.6 Å². The predicted octanol–water partition coefficient (Wildman–Crippen LogP) is 3.96. The molecule has 1 saturated heterocycles. The SMILES string of the molecule is CC(C)(C)n1cc(-c2ccc3c(c2)C(C(=O)NC2CCC(CN4CC(F)C4)CC2)=NC=NC3)cn1. The average molecular weight is 479 g/mol. The minimum Gasteiger partial charge on any atom is -0.348 e. The number of rotatable bonds is 5. The van der Waals surface area contributed by atoms with E-state index in [2.05, 4.69) is 52.1 Å². The van der Waals surface area contributed by atoms with Gasteiger partial charge in [0.05, 0.1) is 18.3 Å². The third-order valence-corrected chi connectivity index (χ3v) is 7.32. The highest BCUT2D eigenvalue weighted by atomic mass is 19.1. The maximum atomic E-state index is 13.3. The van der Waals surface area contributed by atoms with Crippen LogP contribution < -0.4 is 5.32 Å². The highest BCUT2D eigenvalue weighted by Crippen LogP contribution is 2.28. The van der Waals surface area contributed by atoms with Crippen LogP contribution in [-0.4, -0.2) is 64.5 Å². The summed E-state index contributed by atoms with van der Waals surface area (Å²) in [5, 5.41) is 7.75. The van der Waals surface area contributed by atoms with E-state index in [0.717, 1.165) is 54.5 Å². The number of hydrogen-bond acceptors (Lipinski definition) is 5. The van der Waals surface area contributed by atoms with Crippen molar-refractivity contribution in [3.63, 3.8) is 0 Å². The lowest BCUT2D eigenvalue weighted by Crippen LogP contribution is -2.51. The maximum absolute atomic E-state index is 13.3. The van der Waals surface area contributed by atoms with Crippen LogP contribution in [0.15, 0.2) is 40.6 Å². The molecule has 0 radical (unpaired) electrons. The Kier molecular flexibility index (Phi) is 6.57. The molecule has 5 rings (SSSR count). The van der Waals surface area contributed by atoms with Crippen LogP contribution >= 0.6 is 0 Å². The fourth-order valence-electron chi connectivity index (χ4n) is 5.21. The number of likely N-dealkylation sites (tertiary alicyclic amines) is 1. The summed E-state index contributed by atoms with van der Waals surface area (Å²) in [5.41, 5.74) is 4.14. The molecular formula is C27H35FN6O. The number of halogens is 1. The molecule has 3 heterocycles. The lowest BCUT2D eigenvalue weighted by atomic mass is 9.85. The van der Waals surface area contributed by atoms with E-state index in [1.165, 1.54) is 6.34 Å². The Morgan fingerprint density at radius 2 is 1.91 bits per heavy atom. The zero-order valence-corrected chi connectivity index (χ0v) is 20.9. The predicted molar refractivity (Wildman–Crippen MR) is 137 cm³/mol. The number of amides is 1. The van der Waals surface area contributed by atoms with E-state index in [1.54, 1.807) is 0 Å². The van der Waals surface area contributed by atoms with Gasteiger partial charge in [-0.15, -0.1) is 0 Å². The van der Waals surface area contributed by atoms with Gasteiger partial charge in [0.25, 0.3) is 5.91 Å². The van der Waals surface area contributed by atoms with Gasteiger partial charge in [-0.05, 0) is 69.6 Å². The molecule has 1 aromatic carbocycles. The van der Waals surface area contributed by atoms with Crippen LogP contribution in [0, 0.1) is 5.92 Å². The Bertz CT molecular complexity index is 1130. The topological polar surface area (TPSA) is 74.9 Å². The molecule has 186 valence electrons. The molecule has 0 bridgehead atoms. The van der Waals surface area contributed by atoms with E-state index in [0.29, 0.717) is 31.3 Å². The van der Waals surface area contributed by atoms with Crippen LogP contribution in [-0.2, 0) is 16.9 Å². The molecule has 8 heteroatoms. The van der Waals surface area contributed by atoms with E-state index < -0.39 is 6.17 Å². The Labute approximate surface area is 206 Å². The number of nitrogens with zero attached hydrogens (tertiary/aromatic N) is 5. The summed E-state index contributed by atoms with van der Waals surface area (Å²) in [5.74, 6) is 0.448. The summed E-state index contributed by atoms with van der Waals surface area (Å²) in [7, 11) is 0. The fourth-order valence-corrected chi connectivity index (χ4v) is 5.21. The van der Waals surface area contributed by atoms with Crippen molar-refractivity contribution in [2.24, 2.45) is 15.9 Å². The van der Waals surface area contributed by atoms with Crippen molar-refractivity contribution < 1.29 is 9.18 Å². The van der Waals surface area contributed by atoms with Crippen molar-refractivity contribution in [1.82, 2.24) is 20.0 Å². The lowest BCUT2D eigenvalue weighted by molar-refractivity contribution is -0.115. The first-order chi connectivity index (χ1) is 16.8. The molecule has 1 aromatic heterocycles. The van der Waals surface area contributed by atoms with Crippen LogP contribution in [0.1, 0.15) is 57.6 Å². The fraction of sp³-hybridized carbons (Fsp3) is 0.556. The molecule has 7 nitrogen and oxygen atoms in total. The zero-order chi connectivity index (χ0) is 24.6. The van der Waals surface area contributed by atoms with Gasteiger partial charge in [-0.1, -0.05) is 12.1 Å². The van der Waals surface area contributed by atoms with Crippen LogP contribution in [0.3, 0.4) is 0 Å². The van der Waals surface area contributed by atoms with Crippen LogP contribution in [0.25, 0.3) is 11.1 Å². The second-order valence-corrected chi connectivity index (χ2v) is 11.2. The molecule has 1 amide bonds. The van der Waals surface area contributed by atoms with Gasteiger partial charge < -0.3 is 5.32 Å². The second-order valence-electron chi connectivity index (χ2n) is 11.2. The quantitative estimate of drug-likeness (QED) is 0.707. The summed E-state index contributed by atoms with van der Waals surface area (Å²) in [6.07, 6.45) is 8.77. The molecule has 1 saturated carbocycles. The van der Waals surface area contributed by atoms with E-state index in [1.807, 2.05) is 29.2 Å². The number of carbonyl (C=O) groups is 1. The first kappa shape index (κ1) is 23.9. The first-order valence-electron chi connectivity index (χ1n) is 12.7. The van der Waals surface area contributed by atoms with Gasteiger partial charge in [-0.25, -0.2) is 9.38 Å². The Morgan fingerprint density at radius 3 is 2.60 bits per heavy atom. The minimum absolute atomic E-state index is 0.103. The Morgan fingerprint density at radius 1 is 1.14 bits per heavy atom. The zero-order valence-electron chi connectivity index (χ0n) is 20.9. The maximum Gasteiger partial charge on any atom is 0.270 e. The molecule has 1 aliphatic carbocycles. The van der Waals surface area contributed by atoms with E-state index >= 15 is 0 Å². The monoisotopic (exact) mass is 478 g/mol. The summed E-state index contributed by atoms with van der Waals surface area (Å²) in [6, 6.07) is 6.27. The third-order valence-electron chi connectivity index (χ3n) is 7.32. The van der Waals surface area contributed by atoms with Gasteiger partial charge in [0.2, 0.25) is 0 Å². The van der Waals surface area contributed by atoms with E-state index in [4.69, 9.17) is 0 Å². The molecule has 2 aromatic rings. The summed E-state index contributed by atoms with van der Waals surface area (Å²) in [6.45, 7) is 8.98. The second kappa shape index (κ2) is 9.64. The lowest BCUT2D eigenvalue weighted by Gasteiger charge is -2.39. The first-order valence-corrected chi connectivity index (χ1v) is 12.7. The van der Waals surface area contributed by atoms with Gasteiger partial charge in [0.1, 0.15) is 18.2 Å². The number of carbonyl (C=O) groups excluding carboxylic acids is 1. The standard InChI is InChI=1S/C27H35FN6O/c1-27(2,3)34-14-21(12-31-34)19-6-7-20-11-29-17-30-25(24(20)10-19)26(35)32-23-8-4-18(5-9-23)13-33-15-22(28)16-33/h6-7,10,12,14,17-18,22-23H,4-5,8-9,11,13,15-16H2,1-3H3,(H,32,35). The molecule has 2 aliphatic heterocycles. The summed E-state index contributed by atoms with van der Waals surface area (Å²) in [4.78, 5) is 24.3. The molecule has 0 atom stereocenters. The van der Waals surface area contributed by atoms with Crippen molar-refractivity contribution in [1.29, 1.82) is 0 Å². The highest BCUT2D eigenvalue weighted by molar-refractivity contribution is 6.46. The van der Waals surface area contributed by atoms with Gasteiger partial charge in [0, 0.05) is 43.0 Å². The van der Waals surface area contributed by atoms with E-state index in [9.17, 15) is 9.18 Å².